The molecule has 1 N–H and O–H groups in total. The van der Waals surface area contributed by atoms with Gasteiger partial charge in [0.25, 0.3) is 10.1 Å². The van der Waals surface area contributed by atoms with Gasteiger partial charge in [-0.1, -0.05) is 12.1 Å². The van der Waals surface area contributed by atoms with Crippen molar-refractivity contribution < 1.29 is 34.2 Å². The van der Waals surface area contributed by atoms with Crippen LogP contribution in [0, 0.1) is 0 Å². The van der Waals surface area contributed by atoms with Crippen LogP contribution in [0.15, 0.2) is 48.5 Å². The second kappa shape index (κ2) is 9.10. The predicted octanol–water partition coefficient (Wildman–Crippen LogP) is 2.09. The van der Waals surface area contributed by atoms with Gasteiger partial charge < -0.3 is 5.32 Å². The average molecular weight is 547 g/mol. The lowest BCUT2D eigenvalue weighted by Crippen LogP contribution is -2.66. The third kappa shape index (κ3) is 6.00. The number of nitrogens with one attached hydrogen (secondary N) is 1. The lowest BCUT2D eigenvalue weighted by Gasteiger charge is -2.46. The Morgan fingerprint density at radius 3 is 2.25 bits per heavy atom. The van der Waals surface area contributed by atoms with Gasteiger partial charge in [-0.2, -0.15) is 30.7 Å². The summed E-state index contributed by atoms with van der Waals surface area (Å²) in [7, 11) is -7.47. The van der Waals surface area contributed by atoms with Gasteiger partial charge in [0.15, 0.2) is 0 Å². The van der Waals surface area contributed by atoms with Crippen molar-refractivity contribution in [1.82, 2.24) is 24.5 Å². The summed E-state index contributed by atoms with van der Waals surface area (Å²) in [4.78, 5) is 1.11. The van der Waals surface area contributed by atoms with E-state index >= 15 is 0 Å². The zero-order valence-electron chi connectivity index (χ0n) is 19.0. The molecule has 0 atom stereocenters. The van der Waals surface area contributed by atoms with Crippen molar-refractivity contribution in [2.24, 2.45) is 0 Å². The van der Waals surface area contributed by atoms with Gasteiger partial charge >= 0.3 is 6.18 Å². The van der Waals surface area contributed by atoms with Crippen LogP contribution in [0.5, 0.6) is 0 Å². The van der Waals surface area contributed by atoms with Crippen molar-refractivity contribution in [3.63, 3.8) is 0 Å². The highest BCUT2D eigenvalue weighted by atomic mass is 32.2. The number of halogens is 3. The quantitative estimate of drug-likeness (QED) is 0.421. The Hall–Kier alpha value is -3.08. The first-order chi connectivity index (χ1) is 16.6. The number of hydrogen-bond donors (Lipinski definition) is 1. The second-order valence-electron chi connectivity index (χ2n) is 8.39. The predicted molar refractivity (Wildman–Crippen MR) is 123 cm³/mol. The maximum Gasteiger partial charge on any atom is 0.416 e. The first kappa shape index (κ1) is 26.0. The summed E-state index contributed by atoms with van der Waals surface area (Å²) < 4.78 is 91.9. The van der Waals surface area contributed by atoms with E-state index in [9.17, 15) is 30.0 Å². The van der Waals surface area contributed by atoms with Crippen LogP contribution in [-0.4, -0.2) is 72.6 Å². The van der Waals surface area contributed by atoms with Crippen LogP contribution < -0.4 is 5.32 Å². The Bertz CT molecular complexity index is 1470. The van der Waals surface area contributed by atoms with Gasteiger partial charge in [0, 0.05) is 30.0 Å². The standard InChI is InChI=1S/C20H21F3N6O5S2/c1-35(30,31)28-11-19(12-28,34-36(2,32)33)13-29-26-18(25-27-29)16-5-3-4-6-17(16)24-15-9-7-14(8-10-15)20(21,22)23/h3-10,24H,11-13H2,1-2H3. The molecular formula is C20H21F3N6O5S2. The molecule has 0 aliphatic carbocycles. The summed E-state index contributed by atoms with van der Waals surface area (Å²) in [5.74, 6) is 0.152. The lowest BCUT2D eigenvalue weighted by atomic mass is 9.98. The normalized spacial score (nSPS) is 16.5. The van der Waals surface area contributed by atoms with Crippen LogP contribution in [0.25, 0.3) is 11.4 Å². The van der Waals surface area contributed by atoms with E-state index in [-0.39, 0.29) is 25.5 Å². The zero-order chi connectivity index (χ0) is 26.4. The van der Waals surface area contributed by atoms with E-state index in [1.165, 1.54) is 12.1 Å². The highest BCUT2D eigenvalue weighted by Gasteiger charge is 2.51. The molecule has 1 aliphatic rings. The minimum Gasteiger partial charge on any atom is -0.355 e. The molecule has 16 heteroatoms. The molecule has 1 saturated heterocycles. The van der Waals surface area contributed by atoms with Crippen molar-refractivity contribution >= 4 is 31.5 Å². The van der Waals surface area contributed by atoms with E-state index in [1.54, 1.807) is 24.3 Å². The summed E-state index contributed by atoms with van der Waals surface area (Å²) >= 11 is 0. The summed E-state index contributed by atoms with van der Waals surface area (Å²) in [5, 5.41) is 15.2. The monoisotopic (exact) mass is 546 g/mol. The van der Waals surface area contributed by atoms with E-state index in [0.29, 0.717) is 16.9 Å². The molecule has 2 heterocycles. The molecule has 36 heavy (non-hydrogen) atoms. The van der Waals surface area contributed by atoms with Crippen molar-refractivity contribution in [3.05, 3.63) is 54.1 Å². The fourth-order valence-electron chi connectivity index (χ4n) is 3.69. The molecule has 1 aromatic heterocycles. The second-order valence-corrected chi connectivity index (χ2v) is 11.9. The Labute approximate surface area is 205 Å². The van der Waals surface area contributed by atoms with Crippen LogP contribution in [0.1, 0.15) is 5.56 Å². The maximum absolute atomic E-state index is 12.8. The summed E-state index contributed by atoms with van der Waals surface area (Å²) in [5.41, 5.74) is -0.800. The molecule has 194 valence electrons. The molecule has 11 nitrogen and oxygen atoms in total. The van der Waals surface area contributed by atoms with Crippen molar-refractivity contribution in [3.8, 4) is 11.4 Å². The molecule has 0 amide bonds. The Kier molecular flexibility index (Phi) is 6.57. The first-order valence-electron chi connectivity index (χ1n) is 10.3. The number of benzene rings is 2. The largest absolute Gasteiger partial charge is 0.416 e. The van der Waals surface area contributed by atoms with Crippen molar-refractivity contribution in [2.75, 3.05) is 30.9 Å². The minimum absolute atomic E-state index is 0.152. The third-order valence-corrected chi connectivity index (χ3v) is 7.12. The van der Waals surface area contributed by atoms with Gasteiger partial charge in [-0.15, -0.1) is 10.2 Å². The van der Waals surface area contributed by atoms with Gasteiger partial charge in [0.05, 0.1) is 24.6 Å². The first-order valence-corrected chi connectivity index (χ1v) is 14.0. The fraction of sp³-hybridized carbons (Fsp3) is 0.350. The van der Waals surface area contributed by atoms with Crippen molar-refractivity contribution in [2.45, 2.75) is 18.3 Å². The van der Waals surface area contributed by atoms with E-state index in [1.807, 2.05) is 0 Å². The number of rotatable bonds is 8. The number of nitrogens with zero attached hydrogens (tertiary/aromatic N) is 5. The van der Waals surface area contributed by atoms with Gasteiger partial charge in [0.1, 0.15) is 5.60 Å². The number of sulfonamides is 1. The van der Waals surface area contributed by atoms with Gasteiger partial charge in [-0.3, -0.25) is 4.18 Å². The molecule has 0 saturated carbocycles. The summed E-state index contributed by atoms with van der Waals surface area (Å²) in [6, 6.07) is 11.3. The fourth-order valence-corrected chi connectivity index (χ4v) is 5.43. The zero-order valence-corrected chi connectivity index (χ0v) is 20.6. The number of para-hydroxylation sites is 1. The Morgan fingerprint density at radius 2 is 1.67 bits per heavy atom. The van der Waals surface area contributed by atoms with Crippen molar-refractivity contribution in [1.29, 1.82) is 0 Å². The van der Waals surface area contributed by atoms with E-state index < -0.39 is 37.5 Å². The molecule has 0 bridgehead atoms. The molecule has 4 rings (SSSR count). The van der Waals surface area contributed by atoms with E-state index in [4.69, 9.17) is 4.18 Å². The van der Waals surface area contributed by atoms with Gasteiger partial charge in [0.2, 0.25) is 15.8 Å². The molecular weight excluding hydrogens is 525 g/mol. The summed E-state index contributed by atoms with van der Waals surface area (Å²) in [6.07, 6.45) is -2.58. The molecule has 0 radical (unpaired) electrons. The number of anilines is 2. The van der Waals surface area contributed by atoms with Crippen LogP contribution in [0.3, 0.4) is 0 Å². The third-order valence-electron chi connectivity index (χ3n) is 5.27. The SMILES string of the molecule is CS(=O)(=O)OC1(Cn2nnc(-c3ccccc3Nc3ccc(C(F)(F)F)cc3)n2)CN(S(C)(=O)=O)C1. The van der Waals surface area contributed by atoms with Crippen LogP contribution in [0.4, 0.5) is 24.5 Å². The van der Waals surface area contributed by atoms with Crippen LogP contribution in [-0.2, 0) is 37.0 Å². The minimum atomic E-state index is -4.45. The molecule has 0 spiro atoms. The maximum atomic E-state index is 12.8. The highest BCUT2D eigenvalue weighted by molar-refractivity contribution is 7.88. The molecule has 1 fully saturated rings. The molecule has 2 aromatic carbocycles. The summed E-state index contributed by atoms with van der Waals surface area (Å²) in [6.45, 7) is -0.600. The molecule has 0 unspecified atom stereocenters. The van der Waals surface area contributed by atoms with Crippen LogP contribution >= 0.6 is 0 Å². The molecule has 3 aromatic rings. The smallest absolute Gasteiger partial charge is 0.355 e. The van der Waals surface area contributed by atoms with E-state index in [2.05, 4.69) is 20.7 Å². The van der Waals surface area contributed by atoms with Gasteiger partial charge in [-0.05, 0) is 41.6 Å². The highest BCUT2D eigenvalue weighted by Crippen LogP contribution is 2.33. The number of hydrogen-bond acceptors (Lipinski definition) is 9. The van der Waals surface area contributed by atoms with Gasteiger partial charge in [-0.25, -0.2) is 8.42 Å². The number of alkyl halides is 3. The lowest BCUT2D eigenvalue weighted by molar-refractivity contribution is -0.137. The number of tetrazole rings is 1. The van der Waals surface area contributed by atoms with Crippen LogP contribution in [0.2, 0.25) is 0 Å². The Balaban J connectivity index is 1.55. The number of aromatic nitrogens is 4. The molecule has 1 aliphatic heterocycles. The average Bonchev–Trinajstić information content (AvgIpc) is 3.18. The van der Waals surface area contributed by atoms with E-state index in [0.717, 1.165) is 33.7 Å². The topological polar surface area (TPSA) is 136 Å². The Morgan fingerprint density at radius 1 is 1.03 bits per heavy atom.